The Morgan fingerprint density at radius 3 is 2.63 bits per heavy atom. The van der Waals surface area contributed by atoms with Gasteiger partial charge in [-0.2, -0.15) is 4.98 Å². The average molecular weight is 261 g/mol. The molecule has 1 atom stereocenters. The molecule has 0 aliphatic heterocycles. The quantitative estimate of drug-likeness (QED) is 0.863. The number of ether oxygens (including phenoxy) is 1. The average Bonchev–Trinajstić information content (AvgIpc) is 2.91. The van der Waals surface area contributed by atoms with Crippen LogP contribution in [-0.2, 0) is 11.2 Å². The molecule has 1 aromatic carbocycles. The predicted octanol–water partition coefficient (Wildman–Crippen LogP) is 2.34. The number of rotatable bonds is 6. The largest absolute Gasteiger partial charge is 0.373 e. The van der Waals surface area contributed by atoms with E-state index in [4.69, 9.17) is 15.0 Å². The Morgan fingerprint density at radius 1 is 1.32 bits per heavy atom. The first kappa shape index (κ1) is 13.7. The van der Waals surface area contributed by atoms with Crippen LogP contribution < -0.4 is 5.73 Å². The number of methoxy groups -OCH3 is 1. The molecule has 0 amide bonds. The lowest BCUT2D eigenvalue weighted by atomic mass is 10.1. The molecule has 0 spiro atoms. The lowest BCUT2D eigenvalue weighted by Crippen LogP contribution is -2.02. The molecule has 0 saturated heterocycles. The fourth-order valence-corrected chi connectivity index (χ4v) is 1.92. The van der Waals surface area contributed by atoms with Crippen LogP contribution in [-0.4, -0.2) is 23.8 Å². The van der Waals surface area contributed by atoms with Gasteiger partial charge in [-0.15, -0.1) is 0 Å². The van der Waals surface area contributed by atoms with Gasteiger partial charge >= 0.3 is 0 Å². The summed E-state index contributed by atoms with van der Waals surface area (Å²) >= 11 is 0. The summed E-state index contributed by atoms with van der Waals surface area (Å²) in [6.07, 6.45) is 1.57. The summed E-state index contributed by atoms with van der Waals surface area (Å²) in [4.78, 5) is 4.37. The Morgan fingerprint density at radius 2 is 2.05 bits per heavy atom. The van der Waals surface area contributed by atoms with E-state index in [0.29, 0.717) is 18.3 Å². The Labute approximate surface area is 112 Å². The zero-order chi connectivity index (χ0) is 13.7. The van der Waals surface area contributed by atoms with Crippen molar-refractivity contribution in [3.63, 3.8) is 0 Å². The first-order valence-electron chi connectivity index (χ1n) is 6.44. The van der Waals surface area contributed by atoms with E-state index >= 15 is 0 Å². The lowest BCUT2D eigenvalue weighted by Gasteiger charge is -2.06. The van der Waals surface area contributed by atoms with Crippen molar-refractivity contribution in [2.45, 2.75) is 25.9 Å². The highest BCUT2D eigenvalue weighted by Crippen LogP contribution is 2.22. The molecule has 5 nitrogen and oxygen atoms in total. The molecular weight excluding hydrogens is 242 g/mol. The molecule has 0 fully saturated rings. The minimum absolute atomic E-state index is 0.117. The summed E-state index contributed by atoms with van der Waals surface area (Å²) in [6, 6.07) is 7.99. The summed E-state index contributed by atoms with van der Waals surface area (Å²) in [5.74, 6) is 1.11. The van der Waals surface area contributed by atoms with E-state index in [1.165, 1.54) is 5.56 Å². The summed E-state index contributed by atoms with van der Waals surface area (Å²) in [5.41, 5.74) is 7.63. The molecule has 5 heteroatoms. The molecule has 1 heterocycles. The van der Waals surface area contributed by atoms with E-state index in [1.807, 2.05) is 31.2 Å². The van der Waals surface area contributed by atoms with Crippen LogP contribution in [0.3, 0.4) is 0 Å². The third kappa shape index (κ3) is 3.19. The van der Waals surface area contributed by atoms with Crippen molar-refractivity contribution in [2.75, 3.05) is 13.7 Å². The van der Waals surface area contributed by atoms with Crippen LogP contribution in [0.5, 0.6) is 0 Å². The van der Waals surface area contributed by atoms with Crippen LogP contribution in [0.1, 0.15) is 30.8 Å². The van der Waals surface area contributed by atoms with Gasteiger partial charge in [-0.3, -0.25) is 0 Å². The predicted molar refractivity (Wildman–Crippen MR) is 72.5 cm³/mol. The number of nitrogens with zero attached hydrogens (tertiary/aromatic N) is 2. The van der Waals surface area contributed by atoms with E-state index in [9.17, 15) is 0 Å². The second kappa shape index (κ2) is 6.45. The van der Waals surface area contributed by atoms with Crippen molar-refractivity contribution in [1.82, 2.24) is 10.1 Å². The highest BCUT2D eigenvalue weighted by Gasteiger charge is 2.16. The van der Waals surface area contributed by atoms with Crippen molar-refractivity contribution in [3.05, 3.63) is 35.7 Å². The van der Waals surface area contributed by atoms with Crippen molar-refractivity contribution >= 4 is 0 Å². The Balaban J connectivity index is 2.17. The van der Waals surface area contributed by atoms with E-state index in [1.54, 1.807) is 7.11 Å². The highest BCUT2D eigenvalue weighted by molar-refractivity contribution is 5.53. The molecule has 102 valence electrons. The minimum Gasteiger partial charge on any atom is -0.373 e. The number of hydrogen-bond donors (Lipinski definition) is 1. The van der Waals surface area contributed by atoms with E-state index in [2.05, 4.69) is 10.1 Å². The number of nitrogens with two attached hydrogens (primary N) is 1. The van der Waals surface area contributed by atoms with Crippen molar-refractivity contribution in [2.24, 2.45) is 5.73 Å². The third-order valence-electron chi connectivity index (χ3n) is 3.02. The van der Waals surface area contributed by atoms with Gasteiger partial charge in [0.2, 0.25) is 5.82 Å². The van der Waals surface area contributed by atoms with Gasteiger partial charge in [0, 0.05) is 12.7 Å². The Bertz CT molecular complexity index is 504. The fourth-order valence-electron chi connectivity index (χ4n) is 1.92. The van der Waals surface area contributed by atoms with Crippen LogP contribution in [0, 0.1) is 0 Å². The fraction of sp³-hybridized carbons (Fsp3) is 0.429. The first-order valence-corrected chi connectivity index (χ1v) is 6.44. The number of benzene rings is 1. The molecule has 2 N–H and O–H groups in total. The van der Waals surface area contributed by atoms with Gasteiger partial charge in [0.05, 0.1) is 0 Å². The standard InChI is InChI=1S/C14H19N3O2/c1-3-12(18-2)13-16-14(19-17-13)11-6-4-10(5-7-11)8-9-15/h4-7,12H,3,8-9,15H2,1-2H3. The van der Waals surface area contributed by atoms with Crippen molar-refractivity contribution < 1.29 is 9.26 Å². The second-order valence-corrected chi connectivity index (χ2v) is 4.33. The van der Waals surface area contributed by atoms with E-state index in [-0.39, 0.29) is 6.10 Å². The first-order chi connectivity index (χ1) is 9.28. The zero-order valence-electron chi connectivity index (χ0n) is 11.3. The molecule has 0 bridgehead atoms. The van der Waals surface area contributed by atoms with Crippen LogP contribution in [0.25, 0.3) is 11.5 Å². The maximum atomic E-state index is 5.52. The molecule has 0 aliphatic carbocycles. The monoisotopic (exact) mass is 261 g/mol. The molecule has 0 radical (unpaired) electrons. The van der Waals surface area contributed by atoms with Gasteiger partial charge in [-0.1, -0.05) is 24.2 Å². The summed E-state index contributed by atoms with van der Waals surface area (Å²) in [5, 5.41) is 3.96. The van der Waals surface area contributed by atoms with Crippen LogP contribution in [0.2, 0.25) is 0 Å². The molecule has 1 unspecified atom stereocenters. The second-order valence-electron chi connectivity index (χ2n) is 4.33. The summed E-state index contributed by atoms with van der Waals surface area (Å²) in [6.45, 7) is 2.67. The van der Waals surface area contributed by atoms with E-state index in [0.717, 1.165) is 18.4 Å². The number of hydrogen-bond acceptors (Lipinski definition) is 5. The maximum Gasteiger partial charge on any atom is 0.258 e. The molecular formula is C14H19N3O2. The van der Waals surface area contributed by atoms with E-state index < -0.39 is 0 Å². The highest BCUT2D eigenvalue weighted by atomic mass is 16.5. The van der Waals surface area contributed by atoms with Gasteiger partial charge in [-0.25, -0.2) is 0 Å². The topological polar surface area (TPSA) is 74.2 Å². The van der Waals surface area contributed by atoms with Crippen LogP contribution in [0.15, 0.2) is 28.8 Å². The van der Waals surface area contributed by atoms with Crippen LogP contribution >= 0.6 is 0 Å². The van der Waals surface area contributed by atoms with Gasteiger partial charge < -0.3 is 15.0 Å². The smallest absolute Gasteiger partial charge is 0.258 e. The van der Waals surface area contributed by atoms with Gasteiger partial charge in [0.25, 0.3) is 5.89 Å². The molecule has 2 aromatic rings. The number of aromatic nitrogens is 2. The summed E-state index contributed by atoms with van der Waals surface area (Å²) in [7, 11) is 1.64. The maximum absolute atomic E-state index is 5.52. The van der Waals surface area contributed by atoms with Gasteiger partial charge in [0.1, 0.15) is 6.10 Å². The Kier molecular flexibility index (Phi) is 4.65. The molecule has 19 heavy (non-hydrogen) atoms. The summed E-state index contributed by atoms with van der Waals surface area (Å²) < 4.78 is 10.6. The molecule has 2 rings (SSSR count). The SMILES string of the molecule is CCC(OC)c1noc(-c2ccc(CCN)cc2)n1. The third-order valence-corrected chi connectivity index (χ3v) is 3.02. The molecule has 1 aromatic heterocycles. The van der Waals surface area contributed by atoms with Crippen LogP contribution in [0.4, 0.5) is 0 Å². The normalized spacial score (nSPS) is 12.6. The van der Waals surface area contributed by atoms with Gasteiger partial charge in [0.15, 0.2) is 0 Å². The zero-order valence-corrected chi connectivity index (χ0v) is 11.3. The minimum atomic E-state index is -0.117. The van der Waals surface area contributed by atoms with Gasteiger partial charge in [-0.05, 0) is 37.1 Å². The molecule has 0 aliphatic rings. The molecule has 0 saturated carbocycles. The lowest BCUT2D eigenvalue weighted by molar-refractivity contribution is 0.0903. The Hall–Kier alpha value is -1.72. The van der Waals surface area contributed by atoms with Crippen molar-refractivity contribution in [1.29, 1.82) is 0 Å². The van der Waals surface area contributed by atoms with Crippen molar-refractivity contribution in [3.8, 4) is 11.5 Å².